The molecule has 0 bridgehead atoms. The molecule has 4 aromatic rings. The second-order valence-electron chi connectivity index (χ2n) is 8.85. The molecule has 1 unspecified atom stereocenters. The van der Waals surface area contributed by atoms with Gasteiger partial charge in [-0.15, -0.1) is 0 Å². The number of piperidine rings is 1. The number of ether oxygens (including phenoxy) is 2. The fraction of sp³-hybridized carbons (Fsp3) is 0.280. The van der Waals surface area contributed by atoms with Crippen LogP contribution in [0.25, 0.3) is 22.4 Å². The summed E-state index contributed by atoms with van der Waals surface area (Å²) >= 11 is 6.10. The number of anilines is 1. The first-order chi connectivity index (χ1) is 17.5. The molecule has 6 rings (SSSR count). The number of rotatable bonds is 5. The average molecular weight is 509 g/mol. The van der Waals surface area contributed by atoms with Crippen molar-refractivity contribution < 1.29 is 18.7 Å². The highest BCUT2D eigenvalue weighted by molar-refractivity contribution is 6.31. The molecule has 0 radical (unpaired) electrons. The van der Waals surface area contributed by atoms with Gasteiger partial charge >= 0.3 is 0 Å². The Labute approximate surface area is 210 Å². The van der Waals surface area contributed by atoms with Crippen molar-refractivity contribution in [1.29, 1.82) is 0 Å². The van der Waals surface area contributed by atoms with E-state index < -0.39 is 5.82 Å². The molecule has 1 saturated heterocycles. The SMILES string of the molecule is O=C(c1ccc2c(c1)OCO2)N1CCCC(CNc2nc(-c3c[nH]c4ncc(Cl)cc34)ncc2F)C1. The van der Waals surface area contributed by atoms with Crippen LogP contribution in [0.15, 0.2) is 42.9 Å². The van der Waals surface area contributed by atoms with Crippen molar-refractivity contribution in [2.45, 2.75) is 12.8 Å². The number of carbonyl (C=O) groups excluding carboxylic acids is 1. The average Bonchev–Trinajstić information content (AvgIpc) is 3.54. The van der Waals surface area contributed by atoms with Gasteiger partial charge in [0.2, 0.25) is 6.79 Å². The first-order valence-corrected chi connectivity index (χ1v) is 12.0. The van der Waals surface area contributed by atoms with E-state index in [1.165, 1.54) is 0 Å². The van der Waals surface area contributed by atoms with Gasteiger partial charge in [-0.25, -0.2) is 19.3 Å². The fourth-order valence-corrected chi connectivity index (χ4v) is 4.81. The Kier molecular flexibility index (Phi) is 5.80. The summed E-state index contributed by atoms with van der Waals surface area (Å²) in [5.74, 6) is 1.25. The molecule has 1 atom stereocenters. The van der Waals surface area contributed by atoms with Crippen LogP contribution in [0.2, 0.25) is 5.02 Å². The van der Waals surface area contributed by atoms with Crippen LogP contribution in [-0.2, 0) is 0 Å². The summed E-state index contributed by atoms with van der Waals surface area (Å²) < 4.78 is 25.3. The lowest BCUT2D eigenvalue weighted by Gasteiger charge is -2.33. The zero-order valence-corrected chi connectivity index (χ0v) is 19.9. The number of halogens is 2. The van der Waals surface area contributed by atoms with Crippen LogP contribution in [-0.4, -0.2) is 57.2 Å². The van der Waals surface area contributed by atoms with Crippen molar-refractivity contribution >= 4 is 34.4 Å². The number of nitrogens with zero attached hydrogens (tertiary/aromatic N) is 4. The predicted molar refractivity (Wildman–Crippen MR) is 132 cm³/mol. The molecule has 1 fully saturated rings. The van der Waals surface area contributed by atoms with Gasteiger partial charge in [0.25, 0.3) is 5.91 Å². The van der Waals surface area contributed by atoms with E-state index in [1.54, 1.807) is 36.7 Å². The van der Waals surface area contributed by atoms with E-state index in [4.69, 9.17) is 21.1 Å². The third-order valence-corrected chi connectivity index (χ3v) is 6.67. The van der Waals surface area contributed by atoms with Gasteiger partial charge in [0, 0.05) is 48.5 Å². The molecule has 2 N–H and O–H groups in total. The van der Waals surface area contributed by atoms with Crippen molar-refractivity contribution in [3.63, 3.8) is 0 Å². The third-order valence-electron chi connectivity index (χ3n) is 6.47. The summed E-state index contributed by atoms with van der Waals surface area (Å²) in [4.78, 5) is 30.8. The number of aromatic amines is 1. The first-order valence-electron chi connectivity index (χ1n) is 11.6. The second kappa shape index (κ2) is 9.27. The van der Waals surface area contributed by atoms with Gasteiger partial charge in [0.1, 0.15) is 5.65 Å². The van der Waals surface area contributed by atoms with Crippen molar-refractivity contribution in [1.82, 2.24) is 24.8 Å². The smallest absolute Gasteiger partial charge is 0.254 e. The lowest BCUT2D eigenvalue weighted by Crippen LogP contribution is -2.41. The Morgan fingerprint density at radius 3 is 3.03 bits per heavy atom. The van der Waals surface area contributed by atoms with Gasteiger partial charge in [-0.1, -0.05) is 11.6 Å². The molecule has 1 aromatic carbocycles. The number of aromatic nitrogens is 4. The largest absolute Gasteiger partial charge is 0.454 e. The molecule has 2 aliphatic heterocycles. The topological polar surface area (TPSA) is 105 Å². The van der Waals surface area contributed by atoms with Crippen LogP contribution in [0.1, 0.15) is 23.2 Å². The predicted octanol–water partition coefficient (Wildman–Crippen LogP) is 4.51. The van der Waals surface area contributed by atoms with Crippen LogP contribution in [0.3, 0.4) is 0 Å². The molecular weight excluding hydrogens is 487 g/mol. The fourth-order valence-electron chi connectivity index (χ4n) is 4.65. The molecule has 184 valence electrons. The summed E-state index contributed by atoms with van der Waals surface area (Å²) in [5, 5.41) is 4.37. The van der Waals surface area contributed by atoms with E-state index in [9.17, 15) is 9.18 Å². The number of carbonyl (C=O) groups is 1. The summed E-state index contributed by atoms with van der Waals surface area (Å²) in [6.45, 7) is 1.87. The summed E-state index contributed by atoms with van der Waals surface area (Å²) in [6.07, 6.45) is 6.21. The number of fused-ring (bicyclic) bond motifs is 2. The Morgan fingerprint density at radius 2 is 2.11 bits per heavy atom. The van der Waals surface area contributed by atoms with Crippen molar-refractivity contribution in [2.75, 3.05) is 31.7 Å². The van der Waals surface area contributed by atoms with Gasteiger partial charge in [-0.05, 0) is 43.0 Å². The zero-order chi connectivity index (χ0) is 24.6. The highest BCUT2D eigenvalue weighted by atomic mass is 35.5. The maximum atomic E-state index is 14.6. The normalized spacial score (nSPS) is 16.9. The van der Waals surface area contributed by atoms with E-state index >= 15 is 0 Å². The Morgan fingerprint density at radius 1 is 1.22 bits per heavy atom. The Balaban J connectivity index is 1.15. The lowest BCUT2D eigenvalue weighted by atomic mass is 9.97. The third kappa shape index (κ3) is 4.28. The van der Waals surface area contributed by atoms with Crippen LogP contribution in [0, 0.1) is 11.7 Å². The van der Waals surface area contributed by atoms with E-state index in [0.29, 0.717) is 58.8 Å². The van der Waals surface area contributed by atoms with Crippen LogP contribution in [0.4, 0.5) is 10.2 Å². The van der Waals surface area contributed by atoms with E-state index in [2.05, 4.69) is 25.3 Å². The van der Waals surface area contributed by atoms with Crippen LogP contribution in [0.5, 0.6) is 11.5 Å². The monoisotopic (exact) mass is 508 g/mol. The van der Waals surface area contributed by atoms with Crippen LogP contribution >= 0.6 is 11.6 Å². The molecule has 2 aliphatic rings. The number of amides is 1. The molecule has 0 saturated carbocycles. The molecule has 9 nitrogen and oxygen atoms in total. The number of nitrogens with one attached hydrogen (secondary N) is 2. The summed E-state index contributed by atoms with van der Waals surface area (Å²) in [7, 11) is 0. The zero-order valence-electron chi connectivity index (χ0n) is 19.1. The van der Waals surface area contributed by atoms with Crippen molar-refractivity contribution in [2.24, 2.45) is 5.92 Å². The number of hydrogen-bond acceptors (Lipinski definition) is 7. The number of likely N-dealkylation sites (tertiary alicyclic amines) is 1. The molecule has 0 aliphatic carbocycles. The van der Waals surface area contributed by atoms with Gasteiger partial charge in [0.05, 0.1) is 11.2 Å². The Hall–Kier alpha value is -3.92. The van der Waals surface area contributed by atoms with Crippen molar-refractivity contribution in [3.05, 3.63) is 59.3 Å². The van der Waals surface area contributed by atoms with Crippen LogP contribution < -0.4 is 14.8 Å². The highest BCUT2D eigenvalue weighted by Crippen LogP contribution is 2.33. The van der Waals surface area contributed by atoms with E-state index in [0.717, 1.165) is 24.4 Å². The number of benzene rings is 1. The Bertz CT molecular complexity index is 1460. The summed E-state index contributed by atoms with van der Waals surface area (Å²) in [6, 6.07) is 7.00. The van der Waals surface area contributed by atoms with Gasteiger partial charge in [0.15, 0.2) is 29.0 Å². The minimum atomic E-state index is -0.543. The van der Waals surface area contributed by atoms with Gasteiger partial charge < -0.3 is 24.7 Å². The number of hydrogen-bond donors (Lipinski definition) is 2. The minimum absolute atomic E-state index is 0.0555. The molecular formula is C25H22ClFN6O3. The number of pyridine rings is 1. The van der Waals surface area contributed by atoms with Crippen molar-refractivity contribution in [3.8, 4) is 22.9 Å². The maximum absolute atomic E-state index is 14.6. The molecule has 36 heavy (non-hydrogen) atoms. The summed E-state index contributed by atoms with van der Waals surface area (Å²) in [5.41, 5.74) is 1.89. The quantitative estimate of drug-likeness (QED) is 0.408. The molecule has 1 amide bonds. The van der Waals surface area contributed by atoms with E-state index in [-0.39, 0.29) is 24.4 Å². The highest BCUT2D eigenvalue weighted by Gasteiger charge is 2.26. The standard InChI is InChI=1S/C25H22ClFN6O3/c26-16-7-17-18(10-30-22(17)29-9-16)23-31-11-19(27)24(32-23)28-8-14-2-1-5-33(12-14)25(34)15-3-4-20-21(6-15)36-13-35-20/h3-4,6-7,9-11,14H,1-2,5,8,12-13H2,(H,29,30)(H,28,31,32). The molecule has 5 heterocycles. The lowest BCUT2D eigenvalue weighted by molar-refractivity contribution is 0.0679. The van der Waals surface area contributed by atoms with Gasteiger partial charge in [-0.3, -0.25) is 4.79 Å². The van der Waals surface area contributed by atoms with Gasteiger partial charge in [-0.2, -0.15) is 0 Å². The second-order valence-corrected chi connectivity index (χ2v) is 9.29. The molecule has 3 aromatic heterocycles. The number of H-pyrrole nitrogens is 1. The molecule has 0 spiro atoms. The molecule has 11 heteroatoms. The van der Waals surface area contributed by atoms with E-state index in [1.807, 2.05) is 4.90 Å². The first kappa shape index (κ1) is 22.5. The minimum Gasteiger partial charge on any atom is -0.454 e. The maximum Gasteiger partial charge on any atom is 0.254 e.